The number of ether oxygens (including phenoxy) is 2. The summed E-state index contributed by atoms with van der Waals surface area (Å²) in [6.45, 7) is 1.34. The van der Waals surface area contributed by atoms with Gasteiger partial charge in [-0.25, -0.2) is 0 Å². The van der Waals surface area contributed by atoms with Gasteiger partial charge in [-0.15, -0.1) is 0 Å². The van der Waals surface area contributed by atoms with Gasteiger partial charge in [0.1, 0.15) is 0 Å². The molecule has 0 aliphatic rings. The zero-order chi connectivity index (χ0) is 14.6. The van der Waals surface area contributed by atoms with Crippen LogP contribution in [0.15, 0.2) is 22.7 Å². The first-order valence-electron chi connectivity index (χ1n) is 5.26. The third-order valence-corrected chi connectivity index (χ3v) is 3.31. The number of hydrogen-bond donors (Lipinski definition) is 1. The predicted molar refractivity (Wildman–Crippen MR) is 72.5 cm³/mol. The Morgan fingerprint density at radius 2 is 1.79 bits per heavy atom. The standard InChI is InChI=1S/C12H13BrNO5/c1-12(10(15)18-2,11(16)19-3)8-5-4-7(13)6-9(8)14-17/h4-6,14H,1-3H3/q-1. The van der Waals surface area contributed by atoms with Crippen LogP contribution >= 0.6 is 15.9 Å². The normalized spacial score (nSPS) is 10.8. The largest absolute Gasteiger partial charge is 0.761 e. The van der Waals surface area contributed by atoms with Crippen LogP contribution in [-0.2, 0) is 24.5 Å². The van der Waals surface area contributed by atoms with Crippen molar-refractivity contribution >= 4 is 33.6 Å². The number of carbonyl (C=O) groups excluding carboxylic acids is 2. The summed E-state index contributed by atoms with van der Waals surface area (Å²) in [7, 11) is 2.32. The summed E-state index contributed by atoms with van der Waals surface area (Å²) in [6, 6.07) is 4.56. The van der Waals surface area contributed by atoms with Gasteiger partial charge in [-0.2, -0.15) is 0 Å². The predicted octanol–water partition coefficient (Wildman–Crippen LogP) is 1.96. The Hall–Kier alpha value is -1.60. The van der Waals surface area contributed by atoms with E-state index in [1.807, 2.05) is 0 Å². The van der Waals surface area contributed by atoms with E-state index in [4.69, 9.17) is 0 Å². The zero-order valence-corrected chi connectivity index (χ0v) is 12.2. The average Bonchev–Trinajstić information content (AvgIpc) is 2.44. The smallest absolute Gasteiger partial charge is 0.327 e. The molecule has 1 aromatic rings. The van der Waals surface area contributed by atoms with Gasteiger partial charge >= 0.3 is 11.9 Å². The van der Waals surface area contributed by atoms with Gasteiger partial charge in [0.25, 0.3) is 0 Å². The van der Waals surface area contributed by atoms with E-state index < -0.39 is 17.4 Å². The number of methoxy groups -OCH3 is 2. The molecule has 0 aliphatic carbocycles. The van der Waals surface area contributed by atoms with Crippen molar-refractivity contribution in [3.8, 4) is 0 Å². The average molecular weight is 331 g/mol. The summed E-state index contributed by atoms with van der Waals surface area (Å²) in [5.41, 5.74) is 0.268. The van der Waals surface area contributed by atoms with Gasteiger partial charge in [-0.1, -0.05) is 22.0 Å². The van der Waals surface area contributed by atoms with Crippen LogP contribution in [0.3, 0.4) is 0 Å². The number of rotatable bonds is 4. The van der Waals surface area contributed by atoms with Crippen molar-refractivity contribution in [1.29, 1.82) is 0 Å². The fourth-order valence-corrected chi connectivity index (χ4v) is 2.11. The molecule has 0 radical (unpaired) electrons. The van der Waals surface area contributed by atoms with Crippen molar-refractivity contribution in [2.24, 2.45) is 0 Å². The zero-order valence-electron chi connectivity index (χ0n) is 10.7. The molecule has 7 heteroatoms. The topological polar surface area (TPSA) is 87.7 Å². The van der Waals surface area contributed by atoms with E-state index in [-0.39, 0.29) is 11.3 Å². The van der Waals surface area contributed by atoms with Gasteiger partial charge in [0.05, 0.1) is 14.2 Å². The molecule has 19 heavy (non-hydrogen) atoms. The Balaban J connectivity index is 3.50. The minimum absolute atomic E-state index is 0.0904. The monoisotopic (exact) mass is 330 g/mol. The number of carbonyl (C=O) groups is 2. The van der Waals surface area contributed by atoms with Crippen molar-refractivity contribution in [2.45, 2.75) is 12.3 Å². The highest BCUT2D eigenvalue weighted by Crippen LogP contribution is 2.34. The van der Waals surface area contributed by atoms with Gasteiger partial charge in [0.15, 0.2) is 5.41 Å². The molecule has 0 fully saturated rings. The van der Waals surface area contributed by atoms with Crippen LogP contribution in [0.4, 0.5) is 5.69 Å². The molecule has 0 saturated carbocycles. The highest BCUT2D eigenvalue weighted by Gasteiger charge is 2.46. The van der Waals surface area contributed by atoms with E-state index in [9.17, 15) is 14.8 Å². The number of benzene rings is 1. The third-order valence-electron chi connectivity index (χ3n) is 2.82. The third kappa shape index (κ3) is 2.71. The van der Waals surface area contributed by atoms with E-state index in [0.29, 0.717) is 4.47 Å². The summed E-state index contributed by atoms with van der Waals surface area (Å²) in [6.07, 6.45) is 0. The van der Waals surface area contributed by atoms with E-state index in [0.717, 1.165) is 14.2 Å². The van der Waals surface area contributed by atoms with Crippen molar-refractivity contribution < 1.29 is 19.1 Å². The molecule has 0 aliphatic heterocycles. The van der Waals surface area contributed by atoms with Crippen molar-refractivity contribution in [3.63, 3.8) is 0 Å². The fourth-order valence-electron chi connectivity index (χ4n) is 1.75. The van der Waals surface area contributed by atoms with E-state index in [2.05, 4.69) is 25.4 Å². The first-order chi connectivity index (χ1) is 8.91. The second kappa shape index (κ2) is 6.03. The lowest BCUT2D eigenvalue weighted by molar-refractivity contribution is -0.160. The second-order valence-corrected chi connectivity index (χ2v) is 4.82. The van der Waals surface area contributed by atoms with Gasteiger partial charge < -0.3 is 20.2 Å². The molecule has 1 N–H and O–H groups in total. The number of esters is 2. The quantitative estimate of drug-likeness (QED) is 0.515. The van der Waals surface area contributed by atoms with Crippen LogP contribution in [0.25, 0.3) is 0 Å². The molecule has 104 valence electrons. The van der Waals surface area contributed by atoms with Crippen LogP contribution in [0.2, 0.25) is 0 Å². The molecule has 0 amide bonds. The lowest BCUT2D eigenvalue weighted by Gasteiger charge is -2.28. The van der Waals surface area contributed by atoms with Crippen molar-refractivity contribution in [3.05, 3.63) is 33.4 Å². The molecule has 0 bridgehead atoms. The van der Waals surface area contributed by atoms with Crippen molar-refractivity contribution in [2.75, 3.05) is 19.7 Å². The Kier molecular flexibility index (Phi) is 4.90. The fraction of sp³-hybridized carbons (Fsp3) is 0.333. The molecule has 0 aromatic heterocycles. The molecule has 1 rings (SSSR count). The first-order valence-corrected chi connectivity index (χ1v) is 6.06. The summed E-state index contributed by atoms with van der Waals surface area (Å²) >= 11 is 3.20. The number of nitrogens with one attached hydrogen (secondary N) is 1. The molecular formula is C12H13BrNO5-. The summed E-state index contributed by atoms with van der Waals surface area (Å²) in [5, 5.41) is 11.0. The molecule has 0 heterocycles. The Bertz CT molecular complexity index is 487. The van der Waals surface area contributed by atoms with E-state index >= 15 is 0 Å². The molecule has 0 atom stereocenters. The van der Waals surface area contributed by atoms with Crippen molar-refractivity contribution in [1.82, 2.24) is 0 Å². The second-order valence-electron chi connectivity index (χ2n) is 3.90. The van der Waals surface area contributed by atoms with Gasteiger partial charge in [-0.05, 0) is 19.1 Å². The molecule has 1 aromatic carbocycles. The minimum Gasteiger partial charge on any atom is -0.761 e. The Labute approximate surface area is 118 Å². The number of hydrogen-bond acceptors (Lipinski definition) is 6. The van der Waals surface area contributed by atoms with Crippen LogP contribution in [0, 0.1) is 5.21 Å². The first kappa shape index (κ1) is 15.5. The highest BCUT2D eigenvalue weighted by molar-refractivity contribution is 9.10. The summed E-state index contributed by atoms with van der Waals surface area (Å²) in [4.78, 5) is 23.8. The highest BCUT2D eigenvalue weighted by atomic mass is 79.9. The molecule has 0 saturated heterocycles. The number of halogens is 1. The van der Waals surface area contributed by atoms with Gasteiger partial charge in [0, 0.05) is 15.7 Å². The van der Waals surface area contributed by atoms with Gasteiger partial charge in [0.2, 0.25) is 0 Å². The van der Waals surface area contributed by atoms with E-state index in [1.165, 1.54) is 19.1 Å². The van der Waals surface area contributed by atoms with Crippen LogP contribution < -0.4 is 5.48 Å². The maximum atomic E-state index is 11.9. The Morgan fingerprint density at radius 1 is 1.26 bits per heavy atom. The SMILES string of the molecule is COC(=O)C(C)(C(=O)OC)c1ccc(Br)cc1N[O-]. The molecule has 0 unspecified atom stereocenters. The molecular weight excluding hydrogens is 318 g/mol. The van der Waals surface area contributed by atoms with Crippen LogP contribution in [0.5, 0.6) is 0 Å². The maximum absolute atomic E-state index is 11.9. The number of anilines is 1. The van der Waals surface area contributed by atoms with Crippen LogP contribution in [0.1, 0.15) is 12.5 Å². The summed E-state index contributed by atoms with van der Waals surface area (Å²) < 4.78 is 9.91. The Morgan fingerprint density at radius 3 is 2.21 bits per heavy atom. The minimum atomic E-state index is -1.71. The maximum Gasteiger partial charge on any atom is 0.327 e. The lowest BCUT2D eigenvalue weighted by Crippen LogP contribution is -2.43. The molecule has 6 nitrogen and oxygen atoms in total. The van der Waals surface area contributed by atoms with E-state index in [1.54, 1.807) is 11.5 Å². The molecule has 0 spiro atoms. The van der Waals surface area contributed by atoms with Crippen LogP contribution in [-0.4, -0.2) is 26.2 Å². The summed E-state index contributed by atoms with van der Waals surface area (Å²) in [5.74, 6) is -1.61. The lowest BCUT2D eigenvalue weighted by atomic mass is 9.81. The van der Waals surface area contributed by atoms with Gasteiger partial charge in [-0.3, -0.25) is 9.59 Å².